The van der Waals surface area contributed by atoms with E-state index in [0.717, 1.165) is 0 Å². The van der Waals surface area contributed by atoms with E-state index >= 15 is 0 Å². The summed E-state index contributed by atoms with van der Waals surface area (Å²) in [5.74, 6) is 0. The van der Waals surface area contributed by atoms with Gasteiger partial charge in [-0.05, 0) is 56.7 Å². The first-order chi connectivity index (χ1) is 18.1. The molecular formula is C37H32. The van der Waals surface area contributed by atoms with Crippen LogP contribution in [0.2, 0.25) is 0 Å². The molecule has 0 heteroatoms. The molecule has 5 rings (SSSR count). The van der Waals surface area contributed by atoms with E-state index in [1.807, 2.05) is 0 Å². The van der Waals surface area contributed by atoms with Crippen molar-refractivity contribution in [2.75, 3.05) is 0 Å². The van der Waals surface area contributed by atoms with Crippen LogP contribution in [0, 0.1) is 5.41 Å². The number of hydrogen-bond acceptors (Lipinski definition) is 0. The molecule has 0 bridgehead atoms. The summed E-state index contributed by atoms with van der Waals surface area (Å²) in [4.78, 5) is 0. The summed E-state index contributed by atoms with van der Waals surface area (Å²) in [5, 5.41) is 0. The van der Waals surface area contributed by atoms with Crippen LogP contribution in [-0.4, -0.2) is 0 Å². The first kappa shape index (κ1) is 24.3. The highest BCUT2D eigenvalue weighted by atomic mass is 14.2. The van der Waals surface area contributed by atoms with Gasteiger partial charge < -0.3 is 0 Å². The van der Waals surface area contributed by atoms with Gasteiger partial charge in [0, 0.05) is 5.41 Å². The highest BCUT2D eigenvalue weighted by Gasteiger charge is 2.16. The van der Waals surface area contributed by atoms with E-state index in [0.29, 0.717) is 0 Å². The van der Waals surface area contributed by atoms with Gasteiger partial charge in [-0.15, -0.1) is 0 Å². The van der Waals surface area contributed by atoms with Crippen molar-refractivity contribution in [3.05, 3.63) is 191 Å². The van der Waals surface area contributed by atoms with Gasteiger partial charge in [0.15, 0.2) is 0 Å². The zero-order valence-electron chi connectivity index (χ0n) is 21.5. The second-order valence-electron chi connectivity index (χ2n) is 10.0. The molecule has 0 saturated heterocycles. The zero-order valence-corrected chi connectivity index (χ0v) is 21.5. The smallest absolute Gasteiger partial charge is 0.00224 e. The molecule has 0 unspecified atom stereocenters. The summed E-state index contributed by atoms with van der Waals surface area (Å²) in [5.41, 5.74) is 9.60. The van der Waals surface area contributed by atoms with Gasteiger partial charge in [-0.1, -0.05) is 159 Å². The average molecular weight is 477 g/mol. The van der Waals surface area contributed by atoms with Crippen molar-refractivity contribution in [3.8, 4) is 0 Å². The molecule has 0 amide bonds. The lowest BCUT2D eigenvalue weighted by molar-refractivity contribution is 0.622. The molecule has 0 spiro atoms. The highest BCUT2D eigenvalue weighted by molar-refractivity contribution is 5.83. The lowest BCUT2D eigenvalue weighted by Gasteiger charge is -2.17. The highest BCUT2D eigenvalue weighted by Crippen LogP contribution is 2.33. The van der Waals surface area contributed by atoms with Gasteiger partial charge in [0.25, 0.3) is 0 Å². The molecule has 1 aliphatic carbocycles. The molecule has 1 aliphatic rings. The molecule has 0 heterocycles. The van der Waals surface area contributed by atoms with E-state index in [2.05, 4.69) is 172 Å². The molecule has 0 aliphatic heterocycles. The van der Waals surface area contributed by atoms with Crippen molar-refractivity contribution >= 4 is 11.1 Å². The predicted octanol–water partition coefficient (Wildman–Crippen LogP) is 9.70. The minimum absolute atomic E-state index is 0.113. The third kappa shape index (κ3) is 6.23. The van der Waals surface area contributed by atoms with Gasteiger partial charge in [-0.25, -0.2) is 0 Å². The van der Waals surface area contributed by atoms with Crippen LogP contribution in [0.4, 0.5) is 0 Å². The van der Waals surface area contributed by atoms with E-state index in [4.69, 9.17) is 0 Å². The molecule has 0 nitrogen and oxygen atoms in total. The Bertz CT molecular complexity index is 1280. The number of hydrogen-bond donors (Lipinski definition) is 0. The molecule has 0 aromatic heterocycles. The zero-order chi connectivity index (χ0) is 25.5. The Morgan fingerprint density at radius 1 is 0.432 bits per heavy atom. The van der Waals surface area contributed by atoms with Crippen molar-refractivity contribution in [1.29, 1.82) is 0 Å². The maximum absolute atomic E-state index is 2.36. The number of benzene rings is 4. The number of rotatable bonds is 6. The van der Waals surface area contributed by atoms with E-state index in [1.54, 1.807) is 0 Å². The van der Waals surface area contributed by atoms with Crippen LogP contribution in [0.15, 0.2) is 169 Å². The lowest BCUT2D eigenvalue weighted by atomic mass is 9.88. The number of allylic oxidation sites excluding steroid dienone is 8. The van der Waals surface area contributed by atoms with Crippen LogP contribution in [0.1, 0.15) is 36.1 Å². The van der Waals surface area contributed by atoms with Crippen molar-refractivity contribution in [3.63, 3.8) is 0 Å². The maximum Gasteiger partial charge on any atom is 0.00224 e. The Labute approximate surface area is 221 Å². The van der Waals surface area contributed by atoms with Crippen LogP contribution >= 0.6 is 0 Å². The van der Waals surface area contributed by atoms with Gasteiger partial charge in [-0.2, -0.15) is 0 Å². The second-order valence-corrected chi connectivity index (χ2v) is 10.0. The Kier molecular flexibility index (Phi) is 7.28. The molecule has 0 saturated carbocycles. The average Bonchev–Trinajstić information content (AvgIpc) is 3.09. The molecule has 4 aromatic carbocycles. The van der Waals surface area contributed by atoms with Crippen LogP contribution in [0.3, 0.4) is 0 Å². The van der Waals surface area contributed by atoms with Crippen LogP contribution in [0.5, 0.6) is 0 Å². The Morgan fingerprint density at radius 3 is 0.973 bits per heavy atom. The van der Waals surface area contributed by atoms with Crippen LogP contribution < -0.4 is 0 Å². The van der Waals surface area contributed by atoms with Crippen molar-refractivity contribution in [1.82, 2.24) is 0 Å². The summed E-state index contributed by atoms with van der Waals surface area (Å²) in [6.07, 6.45) is 13.9. The Balaban J connectivity index is 1.57. The normalized spacial score (nSPS) is 14.1. The summed E-state index contributed by atoms with van der Waals surface area (Å²) < 4.78 is 0. The van der Waals surface area contributed by atoms with Gasteiger partial charge >= 0.3 is 0 Å². The molecule has 0 N–H and O–H groups in total. The quantitative estimate of drug-likeness (QED) is 0.260. The van der Waals surface area contributed by atoms with E-state index in [9.17, 15) is 0 Å². The predicted molar refractivity (Wildman–Crippen MR) is 159 cm³/mol. The summed E-state index contributed by atoms with van der Waals surface area (Å²) in [7, 11) is 0. The van der Waals surface area contributed by atoms with E-state index in [1.165, 1.54) is 44.5 Å². The fraction of sp³-hybridized carbons (Fsp3) is 0.0811. The third-order valence-corrected chi connectivity index (χ3v) is 6.51. The van der Waals surface area contributed by atoms with Gasteiger partial charge in [-0.3, -0.25) is 0 Å². The summed E-state index contributed by atoms with van der Waals surface area (Å²) >= 11 is 0. The first-order valence-electron chi connectivity index (χ1n) is 12.9. The second kappa shape index (κ2) is 11.1. The topological polar surface area (TPSA) is 0 Å². The fourth-order valence-electron chi connectivity index (χ4n) is 4.84. The summed E-state index contributed by atoms with van der Waals surface area (Å²) in [6, 6.07) is 42.6. The van der Waals surface area contributed by atoms with Gasteiger partial charge in [0.2, 0.25) is 0 Å². The van der Waals surface area contributed by atoms with Crippen LogP contribution in [0.25, 0.3) is 11.1 Å². The maximum atomic E-state index is 2.36. The molecular weight excluding hydrogens is 444 g/mol. The Morgan fingerprint density at radius 2 is 0.703 bits per heavy atom. The molecule has 0 fully saturated rings. The Hall–Kier alpha value is -4.42. The molecule has 0 atom stereocenters. The van der Waals surface area contributed by atoms with Crippen molar-refractivity contribution in [2.24, 2.45) is 5.41 Å². The monoisotopic (exact) mass is 476 g/mol. The van der Waals surface area contributed by atoms with Crippen molar-refractivity contribution in [2.45, 2.75) is 13.8 Å². The first-order valence-corrected chi connectivity index (χ1v) is 12.9. The minimum Gasteiger partial charge on any atom is -0.0678 e. The molecule has 0 radical (unpaired) electrons. The van der Waals surface area contributed by atoms with E-state index in [-0.39, 0.29) is 5.41 Å². The standard InChI is InChI=1S/C37H32/c1-37(2)27-29(25-35(31-15-7-3-8-16-31)32-17-9-4-10-18-32)23-24-30(28-37)26-36(33-19-11-5-12-20-33)34-21-13-6-14-22-34/h3-28H,1-2H3. The van der Waals surface area contributed by atoms with Gasteiger partial charge in [0.1, 0.15) is 0 Å². The summed E-state index contributed by atoms with van der Waals surface area (Å²) in [6.45, 7) is 4.55. The SMILES string of the molecule is CC1(C)C=C(C=C(c2ccccc2)c2ccccc2)C=CC(C=C(c2ccccc2)c2ccccc2)=C1. The van der Waals surface area contributed by atoms with Gasteiger partial charge in [0.05, 0.1) is 0 Å². The largest absolute Gasteiger partial charge is 0.0678 e. The molecule has 37 heavy (non-hydrogen) atoms. The van der Waals surface area contributed by atoms with Crippen LogP contribution in [-0.2, 0) is 0 Å². The van der Waals surface area contributed by atoms with Crippen molar-refractivity contribution < 1.29 is 0 Å². The van der Waals surface area contributed by atoms with E-state index < -0.39 is 0 Å². The third-order valence-electron chi connectivity index (χ3n) is 6.51. The minimum atomic E-state index is -0.113. The molecule has 4 aromatic rings. The fourth-order valence-corrected chi connectivity index (χ4v) is 4.84. The lowest BCUT2D eigenvalue weighted by Crippen LogP contribution is -2.04. The molecule has 180 valence electrons.